The van der Waals surface area contributed by atoms with E-state index in [0.29, 0.717) is 6.04 Å². The maximum Gasteiger partial charge on any atom is 0.00670 e. The van der Waals surface area contributed by atoms with E-state index in [1.54, 1.807) is 0 Å². The molecular formula is C14H30N2. The van der Waals surface area contributed by atoms with Crippen LogP contribution in [0, 0.1) is 0 Å². The van der Waals surface area contributed by atoms with Gasteiger partial charge in [0.1, 0.15) is 0 Å². The lowest BCUT2D eigenvalue weighted by Crippen LogP contribution is -2.35. The second kappa shape index (κ2) is 8.08. The minimum atomic E-state index is 0.700. The third-order valence-electron chi connectivity index (χ3n) is 3.65. The molecular weight excluding hydrogens is 196 g/mol. The van der Waals surface area contributed by atoms with E-state index in [0.717, 1.165) is 6.04 Å². The fourth-order valence-electron chi connectivity index (χ4n) is 2.63. The molecule has 0 heterocycles. The zero-order chi connectivity index (χ0) is 11.8. The van der Waals surface area contributed by atoms with Crippen molar-refractivity contribution in [2.75, 3.05) is 19.6 Å². The van der Waals surface area contributed by atoms with Gasteiger partial charge in [0.2, 0.25) is 0 Å². The molecule has 0 amide bonds. The zero-order valence-electron chi connectivity index (χ0n) is 11.5. The topological polar surface area (TPSA) is 15.3 Å². The van der Waals surface area contributed by atoms with E-state index in [4.69, 9.17) is 0 Å². The Bertz CT molecular complexity index is 162. The maximum absolute atomic E-state index is 3.69. The average molecular weight is 226 g/mol. The van der Waals surface area contributed by atoms with Gasteiger partial charge >= 0.3 is 0 Å². The van der Waals surface area contributed by atoms with E-state index in [9.17, 15) is 0 Å². The molecule has 0 spiro atoms. The highest BCUT2D eigenvalue weighted by atomic mass is 15.1. The van der Waals surface area contributed by atoms with Crippen LogP contribution in [0.15, 0.2) is 0 Å². The monoisotopic (exact) mass is 226 g/mol. The van der Waals surface area contributed by atoms with Crippen molar-refractivity contribution in [3.05, 3.63) is 0 Å². The lowest BCUT2D eigenvalue weighted by atomic mass is 10.2. The Balaban J connectivity index is 2.03. The second-order valence-electron chi connectivity index (χ2n) is 5.42. The molecule has 0 unspecified atom stereocenters. The molecule has 2 heteroatoms. The summed E-state index contributed by atoms with van der Waals surface area (Å²) >= 11 is 0. The van der Waals surface area contributed by atoms with Crippen molar-refractivity contribution >= 4 is 0 Å². The third-order valence-corrected chi connectivity index (χ3v) is 3.65. The maximum atomic E-state index is 3.69. The van der Waals surface area contributed by atoms with E-state index in [1.807, 2.05) is 0 Å². The Hall–Kier alpha value is -0.0800. The van der Waals surface area contributed by atoms with Gasteiger partial charge in [-0.15, -0.1) is 0 Å². The summed E-state index contributed by atoms with van der Waals surface area (Å²) in [5.74, 6) is 0. The Morgan fingerprint density at radius 1 is 1.19 bits per heavy atom. The number of nitrogens with zero attached hydrogens (tertiary/aromatic N) is 1. The van der Waals surface area contributed by atoms with Crippen LogP contribution in [0.2, 0.25) is 0 Å². The summed E-state index contributed by atoms with van der Waals surface area (Å²) in [5, 5.41) is 3.69. The van der Waals surface area contributed by atoms with Crippen LogP contribution in [0.4, 0.5) is 0 Å². The van der Waals surface area contributed by atoms with Crippen LogP contribution >= 0.6 is 0 Å². The van der Waals surface area contributed by atoms with Crippen molar-refractivity contribution in [1.29, 1.82) is 0 Å². The van der Waals surface area contributed by atoms with Gasteiger partial charge in [0, 0.05) is 12.1 Å². The molecule has 1 aliphatic rings. The SMILES string of the molecule is CCCN(CCCNC1CCCC1)C(C)C. The molecule has 0 bridgehead atoms. The van der Waals surface area contributed by atoms with Crippen LogP contribution in [-0.2, 0) is 0 Å². The van der Waals surface area contributed by atoms with Crippen LogP contribution in [0.1, 0.15) is 59.3 Å². The summed E-state index contributed by atoms with van der Waals surface area (Å²) in [4.78, 5) is 2.59. The number of nitrogens with one attached hydrogen (secondary N) is 1. The molecule has 16 heavy (non-hydrogen) atoms. The lowest BCUT2D eigenvalue weighted by molar-refractivity contribution is 0.218. The van der Waals surface area contributed by atoms with Crippen LogP contribution in [-0.4, -0.2) is 36.6 Å². The summed E-state index contributed by atoms with van der Waals surface area (Å²) < 4.78 is 0. The molecule has 1 fully saturated rings. The highest BCUT2D eigenvalue weighted by molar-refractivity contribution is 4.73. The predicted octanol–water partition coefficient (Wildman–Crippen LogP) is 3.03. The standard InChI is InChI=1S/C14H30N2/c1-4-11-16(13(2)3)12-7-10-15-14-8-5-6-9-14/h13-15H,4-12H2,1-3H3. The smallest absolute Gasteiger partial charge is 0.00670 e. The number of hydrogen-bond acceptors (Lipinski definition) is 2. The fraction of sp³-hybridized carbons (Fsp3) is 1.00. The van der Waals surface area contributed by atoms with Crippen LogP contribution in [0.5, 0.6) is 0 Å². The Labute approximate surface area is 102 Å². The minimum Gasteiger partial charge on any atom is -0.314 e. The van der Waals surface area contributed by atoms with Crippen molar-refractivity contribution < 1.29 is 0 Å². The highest BCUT2D eigenvalue weighted by Crippen LogP contribution is 2.17. The molecule has 1 saturated carbocycles. The van der Waals surface area contributed by atoms with Crippen molar-refractivity contribution in [3.63, 3.8) is 0 Å². The summed E-state index contributed by atoms with van der Waals surface area (Å²) in [5.41, 5.74) is 0. The largest absolute Gasteiger partial charge is 0.314 e. The van der Waals surface area contributed by atoms with E-state index >= 15 is 0 Å². The molecule has 0 aliphatic heterocycles. The number of rotatable bonds is 8. The van der Waals surface area contributed by atoms with Crippen LogP contribution < -0.4 is 5.32 Å². The molecule has 96 valence electrons. The van der Waals surface area contributed by atoms with Crippen molar-refractivity contribution in [2.24, 2.45) is 0 Å². The molecule has 0 aromatic rings. The molecule has 0 saturated heterocycles. The van der Waals surface area contributed by atoms with Crippen molar-refractivity contribution in [3.8, 4) is 0 Å². The van der Waals surface area contributed by atoms with E-state index in [2.05, 4.69) is 31.0 Å². The van der Waals surface area contributed by atoms with Gasteiger partial charge in [-0.25, -0.2) is 0 Å². The summed E-state index contributed by atoms with van der Waals surface area (Å²) in [6.45, 7) is 10.6. The van der Waals surface area contributed by atoms with Gasteiger partial charge in [0.05, 0.1) is 0 Å². The van der Waals surface area contributed by atoms with Crippen LogP contribution in [0.3, 0.4) is 0 Å². The molecule has 0 aromatic carbocycles. The number of hydrogen-bond donors (Lipinski definition) is 1. The average Bonchev–Trinajstić information content (AvgIpc) is 2.75. The van der Waals surface area contributed by atoms with Gasteiger partial charge in [-0.05, 0) is 59.2 Å². The van der Waals surface area contributed by atoms with Gasteiger partial charge in [-0.1, -0.05) is 19.8 Å². The molecule has 0 atom stereocenters. The van der Waals surface area contributed by atoms with Gasteiger partial charge in [-0.2, -0.15) is 0 Å². The highest BCUT2D eigenvalue weighted by Gasteiger charge is 2.13. The Kier molecular flexibility index (Phi) is 7.06. The van der Waals surface area contributed by atoms with E-state index in [1.165, 1.54) is 58.2 Å². The quantitative estimate of drug-likeness (QED) is 0.640. The van der Waals surface area contributed by atoms with Crippen molar-refractivity contribution in [1.82, 2.24) is 10.2 Å². The molecule has 1 rings (SSSR count). The second-order valence-corrected chi connectivity index (χ2v) is 5.42. The zero-order valence-corrected chi connectivity index (χ0v) is 11.5. The normalized spacial score (nSPS) is 17.8. The molecule has 0 radical (unpaired) electrons. The van der Waals surface area contributed by atoms with Crippen LogP contribution in [0.25, 0.3) is 0 Å². The van der Waals surface area contributed by atoms with Crippen molar-refractivity contribution in [2.45, 2.75) is 71.4 Å². The first kappa shape index (κ1) is 14.0. The summed E-state index contributed by atoms with van der Waals surface area (Å²) in [6.07, 6.45) is 8.26. The fourth-order valence-corrected chi connectivity index (χ4v) is 2.63. The molecule has 1 aliphatic carbocycles. The first-order chi connectivity index (χ1) is 7.74. The first-order valence-corrected chi connectivity index (χ1v) is 7.21. The Morgan fingerprint density at radius 3 is 2.44 bits per heavy atom. The third kappa shape index (κ3) is 5.31. The molecule has 2 nitrogen and oxygen atoms in total. The first-order valence-electron chi connectivity index (χ1n) is 7.21. The minimum absolute atomic E-state index is 0.700. The summed E-state index contributed by atoms with van der Waals surface area (Å²) in [6, 6.07) is 1.53. The lowest BCUT2D eigenvalue weighted by Gasteiger charge is -2.26. The summed E-state index contributed by atoms with van der Waals surface area (Å²) in [7, 11) is 0. The van der Waals surface area contributed by atoms with Gasteiger partial charge in [0.15, 0.2) is 0 Å². The van der Waals surface area contributed by atoms with Gasteiger partial charge in [0.25, 0.3) is 0 Å². The molecule has 0 aromatic heterocycles. The molecule has 1 N–H and O–H groups in total. The Morgan fingerprint density at radius 2 is 1.88 bits per heavy atom. The van der Waals surface area contributed by atoms with E-state index < -0.39 is 0 Å². The van der Waals surface area contributed by atoms with Gasteiger partial charge < -0.3 is 10.2 Å². The van der Waals surface area contributed by atoms with Gasteiger partial charge in [-0.3, -0.25) is 0 Å². The van der Waals surface area contributed by atoms with E-state index in [-0.39, 0.29) is 0 Å². The predicted molar refractivity (Wildman–Crippen MR) is 71.9 cm³/mol.